The summed E-state index contributed by atoms with van der Waals surface area (Å²) < 4.78 is 26.8. The number of nitrogens with one attached hydrogen (secondary N) is 1. The van der Waals surface area contributed by atoms with Gasteiger partial charge in [0.1, 0.15) is 6.04 Å². The van der Waals surface area contributed by atoms with Gasteiger partial charge in [-0.1, -0.05) is 41.4 Å². The molecule has 0 saturated heterocycles. The van der Waals surface area contributed by atoms with E-state index in [2.05, 4.69) is 5.32 Å². The van der Waals surface area contributed by atoms with Gasteiger partial charge in [-0.25, -0.2) is 8.42 Å². The van der Waals surface area contributed by atoms with Crippen molar-refractivity contribution in [2.45, 2.75) is 50.7 Å². The number of benzene rings is 2. The fourth-order valence-electron chi connectivity index (χ4n) is 3.02. The summed E-state index contributed by atoms with van der Waals surface area (Å²) in [4.78, 5) is 27.5. The largest absolute Gasteiger partial charge is 0.350 e. The minimum Gasteiger partial charge on any atom is -0.350 e. The van der Waals surface area contributed by atoms with Gasteiger partial charge in [0.2, 0.25) is 21.8 Å². The lowest BCUT2D eigenvalue weighted by atomic mass is 10.1. The highest BCUT2D eigenvalue weighted by Gasteiger charge is 2.31. The normalized spacial score (nSPS) is 13.0. The zero-order valence-corrected chi connectivity index (χ0v) is 21.6. The minimum atomic E-state index is -3.94. The summed E-state index contributed by atoms with van der Waals surface area (Å²) in [6.45, 7) is 6.71. The lowest BCUT2D eigenvalue weighted by molar-refractivity contribution is -0.141. The van der Waals surface area contributed by atoms with E-state index >= 15 is 0 Å². The van der Waals surface area contributed by atoms with E-state index in [1.54, 1.807) is 31.2 Å². The number of carbonyl (C=O) groups excluding carboxylic acids is 2. The van der Waals surface area contributed by atoms with Crippen LogP contribution in [0.25, 0.3) is 0 Å². The van der Waals surface area contributed by atoms with Crippen LogP contribution in [0.4, 0.5) is 0 Å². The standard InChI is InChI=1S/C23H29Cl2N3O4S/c1-16(22(30)26-23(2,3)4)28(14-17-8-6-7-9-20(17)25)21(29)15-27(5)33(31,32)19-12-10-18(24)11-13-19/h6-13,16H,14-15H2,1-5H3,(H,26,30). The third-order valence-electron chi connectivity index (χ3n) is 4.84. The third-order valence-corrected chi connectivity index (χ3v) is 7.28. The van der Waals surface area contributed by atoms with Crippen molar-refractivity contribution in [1.29, 1.82) is 0 Å². The Morgan fingerprint density at radius 1 is 1.03 bits per heavy atom. The van der Waals surface area contributed by atoms with Crippen LogP contribution < -0.4 is 5.32 Å². The molecule has 0 spiro atoms. The monoisotopic (exact) mass is 513 g/mol. The van der Waals surface area contributed by atoms with Crippen LogP contribution in [0.5, 0.6) is 0 Å². The molecule has 0 aliphatic heterocycles. The fraction of sp³-hybridized carbons (Fsp3) is 0.391. The van der Waals surface area contributed by atoms with Gasteiger partial charge in [-0.15, -0.1) is 0 Å². The molecule has 0 aliphatic rings. The number of halogens is 2. The molecular formula is C23H29Cl2N3O4S. The summed E-state index contributed by atoms with van der Waals surface area (Å²) in [7, 11) is -2.62. The molecule has 1 atom stereocenters. The molecule has 0 radical (unpaired) electrons. The van der Waals surface area contributed by atoms with Gasteiger partial charge in [-0.2, -0.15) is 4.31 Å². The maximum Gasteiger partial charge on any atom is 0.243 e. The van der Waals surface area contributed by atoms with E-state index < -0.39 is 34.1 Å². The maximum absolute atomic E-state index is 13.3. The summed E-state index contributed by atoms with van der Waals surface area (Å²) in [6.07, 6.45) is 0. The highest BCUT2D eigenvalue weighted by Crippen LogP contribution is 2.21. The van der Waals surface area contributed by atoms with Crippen LogP contribution in [0.2, 0.25) is 10.0 Å². The van der Waals surface area contributed by atoms with Crippen LogP contribution in [0.1, 0.15) is 33.3 Å². The van der Waals surface area contributed by atoms with Crippen molar-refractivity contribution in [2.24, 2.45) is 0 Å². The van der Waals surface area contributed by atoms with Crippen LogP contribution in [0.3, 0.4) is 0 Å². The van der Waals surface area contributed by atoms with Crippen molar-refractivity contribution in [2.75, 3.05) is 13.6 Å². The Morgan fingerprint density at radius 2 is 1.61 bits per heavy atom. The molecule has 10 heteroatoms. The van der Waals surface area contributed by atoms with Gasteiger partial charge in [0.05, 0.1) is 11.4 Å². The number of nitrogens with zero attached hydrogens (tertiary/aromatic N) is 2. The van der Waals surface area contributed by atoms with Crippen LogP contribution in [-0.4, -0.2) is 54.6 Å². The molecule has 0 saturated carbocycles. The Bertz CT molecular complexity index is 1100. The summed E-state index contributed by atoms with van der Waals surface area (Å²) >= 11 is 12.1. The van der Waals surface area contributed by atoms with E-state index in [1.165, 1.54) is 36.2 Å². The van der Waals surface area contributed by atoms with Gasteiger partial charge in [0.25, 0.3) is 0 Å². The second kappa shape index (κ2) is 10.9. The molecule has 2 rings (SSSR count). The van der Waals surface area contributed by atoms with Gasteiger partial charge in [-0.3, -0.25) is 9.59 Å². The SMILES string of the molecule is CC(C(=O)NC(C)(C)C)N(Cc1ccccc1Cl)C(=O)CN(C)S(=O)(=O)c1ccc(Cl)cc1. The Morgan fingerprint density at radius 3 is 2.15 bits per heavy atom. The summed E-state index contributed by atoms with van der Waals surface area (Å²) in [5, 5.41) is 3.70. The first-order chi connectivity index (χ1) is 15.2. The number of likely N-dealkylation sites (N-methyl/N-ethyl adjacent to an activating group) is 1. The molecular weight excluding hydrogens is 485 g/mol. The maximum atomic E-state index is 13.3. The first-order valence-electron chi connectivity index (χ1n) is 10.3. The Balaban J connectivity index is 2.31. The lowest BCUT2D eigenvalue weighted by Gasteiger charge is -2.32. The summed E-state index contributed by atoms with van der Waals surface area (Å²) in [5.74, 6) is -0.891. The summed E-state index contributed by atoms with van der Waals surface area (Å²) in [6, 6.07) is 11.8. The van der Waals surface area contributed by atoms with Crippen molar-refractivity contribution in [3.8, 4) is 0 Å². The van der Waals surface area contributed by atoms with Gasteiger partial charge in [0.15, 0.2) is 0 Å². The molecule has 2 aromatic carbocycles. The van der Waals surface area contributed by atoms with Crippen LogP contribution >= 0.6 is 23.2 Å². The predicted molar refractivity (Wildman–Crippen MR) is 131 cm³/mol. The molecule has 33 heavy (non-hydrogen) atoms. The average Bonchev–Trinajstić information content (AvgIpc) is 2.71. The number of sulfonamides is 1. The molecule has 1 N–H and O–H groups in total. The molecule has 180 valence electrons. The smallest absolute Gasteiger partial charge is 0.243 e. The number of amides is 2. The van der Waals surface area contributed by atoms with Crippen molar-refractivity contribution < 1.29 is 18.0 Å². The van der Waals surface area contributed by atoms with E-state index in [9.17, 15) is 18.0 Å². The zero-order valence-electron chi connectivity index (χ0n) is 19.3. The molecule has 0 aromatic heterocycles. The van der Waals surface area contributed by atoms with E-state index in [0.29, 0.717) is 15.6 Å². The average molecular weight is 514 g/mol. The second-order valence-corrected chi connectivity index (χ2v) is 11.6. The number of hydrogen-bond acceptors (Lipinski definition) is 4. The Kier molecular flexibility index (Phi) is 8.93. The van der Waals surface area contributed by atoms with Crippen LogP contribution in [-0.2, 0) is 26.2 Å². The lowest BCUT2D eigenvalue weighted by Crippen LogP contribution is -2.54. The first-order valence-corrected chi connectivity index (χ1v) is 12.5. The second-order valence-electron chi connectivity index (χ2n) is 8.74. The van der Waals surface area contributed by atoms with Crippen LogP contribution in [0, 0.1) is 0 Å². The first kappa shape index (κ1) is 27.1. The van der Waals surface area contributed by atoms with Crippen molar-refractivity contribution in [1.82, 2.24) is 14.5 Å². The van der Waals surface area contributed by atoms with Gasteiger partial charge < -0.3 is 10.2 Å². The number of rotatable bonds is 8. The Labute approximate surface area is 205 Å². The van der Waals surface area contributed by atoms with Gasteiger partial charge in [0, 0.05) is 29.2 Å². The van der Waals surface area contributed by atoms with Crippen molar-refractivity contribution in [3.63, 3.8) is 0 Å². The number of hydrogen-bond donors (Lipinski definition) is 1. The third kappa shape index (κ3) is 7.43. The molecule has 1 unspecified atom stereocenters. The molecule has 0 aliphatic carbocycles. The van der Waals surface area contributed by atoms with E-state index in [0.717, 1.165) is 4.31 Å². The molecule has 2 aromatic rings. The Hall–Kier alpha value is -2.13. The zero-order chi connectivity index (χ0) is 25.0. The highest BCUT2D eigenvalue weighted by atomic mass is 35.5. The molecule has 0 bridgehead atoms. The molecule has 0 fully saturated rings. The number of carbonyl (C=O) groups is 2. The summed E-state index contributed by atoms with van der Waals surface area (Å²) in [5.41, 5.74) is 0.144. The molecule has 2 amide bonds. The molecule has 0 heterocycles. The van der Waals surface area contributed by atoms with Crippen LogP contribution in [0.15, 0.2) is 53.4 Å². The predicted octanol–water partition coefficient (Wildman–Crippen LogP) is 3.95. The van der Waals surface area contributed by atoms with Gasteiger partial charge in [-0.05, 0) is 63.6 Å². The van der Waals surface area contributed by atoms with Gasteiger partial charge >= 0.3 is 0 Å². The van der Waals surface area contributed by atoms with E-state index in [4.69, 9.17) is 23.2 Å². The quantitative estimate of drug-likeness (QED) is 0.578. The fourth-order valence-corrected chi connectivity index (χ4v) is 4.46. The topological polar surface area (TPSA) is 86.8 Å². The highest BCUT2D eigenvalue weighted by molar-refractivity contribution is 7.89. The minimum absolute atomic E-state index is 0.0124. The van der Waals surface area contributed by atoms with Crippen molar-refractivity contribution >= 4 is 45.0 Å². The van der Waals surface area contributed by atoms with Crippen molar-refractivity contribution in [3.05, 3.63) is 64.1 Å². The molecule has 7 nitrogen and oxygen atoms in total. The van der Waals surface area contributed by atoms with E-state index in [1.807, 2.05) is 20.8 Å². The van der Waals surface area contributed by atoms with E-state index in [-0.39, 0.29) is 17.3 Å².